The van der Waals surface area contributed by atoms with E-state index in [9.17, 15) is 9.59 Å². The molecule has 152 valence electrons. The maximum Gasteiger partial charge on any atom is 0.242 e. The molecule has 2 amide bonds. The van der Waals surface area contributed by atoms with Crippen molar-refractivity contribution < 1.29 is 9.59 Å². The van der Waals surface area contributed by atoms with E-state index in [0.717, 1.165) is 23.2 Å². The third-order valence-corrected chi connectivity index (χ3v) is 5.03. The molecule has 0 saturated carbocycles. The Kier molecular flexibility index (Phi) is 8.72. The van der Waals surface area contributed by atoms with Crippen LogP contribution < -0.4 is 11.1 Å². The maximum absolute atomic E-state index is 12.6. The number of anilines is 1. The summed E-state index contributed by atoms with van der Waals surface area (Å²) in [4.78, 5) is 28.9. The molecule has 1 aliphatic heterocycles. The van der Waals surface area contributed by atoms with Crippen molar-refractivity contribution in [1.82, 2.24) is 9.80 Å². The van der Waals surface area contributed by atoms with Gasteiger partial charge in [-0.2, -0.15) is 0 Å². The lowest BCUT2D eigenvalue weighted by Crippen LogP contribution is -2.58. The summed E-state index contributed by atoms with van der Waals surface area (Å²) < 4.78 is 0. The summed E-state index contributed by atoms with van der Waals surface area (Å²) >= 11 is 0. The van der Waals surface area contributed by atoms with Gasteiger partial charge in [-0.25, -0.2) is 0 Å². The molecule has 0 radical (unpaired) electrons. The molecule has 3 N–H and O–H groups in total. The third-order valence-electron chi connectivity index (χ3n) is 5.03. The van der Waals surface area contributed by atoms with Gasteiger partial charge in [0, 0.05) is 31.9 Å². The van der Waals surface area contributed by atoms with E-state index >= 15 is 0 Å². The fourth-order valence-electron chi connectivity index (χ4n) is 3.49. The van der Waals surface area contributed by atoms with Crippen molar-refractivity contribution in [2.75, 3.05) is 38.0 Å². The van der Waals surface area contributed by atoms with E-state index in [1.54, 1.807) is 0 Å². The molecule has 1 heterocycles. The Bertz CT molecular complexity index is 635. The standard InChI is InChI=1S/C20H32N4O2.ClH/c1-5-9-20(4,21)19(26)24-12-10-23(11-13-24)14-17(25)22-18-15(2)7-6-8-16(18)3;/h6-8H,5,9-14,21H2,1-4H3,(H,22,25);1H. The van der Waals surface area contributed by atoms with E-state index in [1.165, 1.54) is 0 Å². The van der Waals surface area contributed by atoms with Crippen molar-refractivity contribution >= 4 is 29.9 Å². The lowest BCUT2D eigenvalue weighted by atomic mass is 9.95. The van der Waals surface area contributed by atoms with Gasteiger partial charge in [0.1, 0.15) is 0 Å². The zero-order valence-electron chi connectivity index (χ0n) is 16.9. The van der Waals surface area contributed by atoms with Crippen molar-refractivity contribution in [2.45, 2.75) is 46.1 Å². The summed E-state index contributed by atoms with van der Waals surface area (Å²) in [5, 5.41) is 3.02. The number of nitrogens with one attached hydrogen (secondary N) is 1. The van der Waals surface area contributed by atoms with Crippen molar-refractivity contribution in [3.05, 3.63) is 29.3 Å². The number of amides is 2. The summed E-state index contributed by atoms with van der Waals surface area (Å²) in [6.07, 6.45) is 1.57. The van der Waals surface area contributed by atoms with Crippen molar-refractivity contribution in [3.8, 4) is 0 Å². The fraction of sp³-hybridized carbons (Fsp3) is 0.600. The molecule has 7 heteroatoms. The summed E-state index contributed by atoms with van der Waals surface area (Å²) in [5.41, 5.74) is 8.38. The van der Waals surface area contributed by atoms with Crippen LogP contribution in [0, 0.1) is 13.8 Å². The molecule has 27 heavy (non-hydrogen) atoms. The number of halogens is 1. The molecule has 0 aliphatic carbocycles. The van der Waals surface area contributed by atoms with Gasteiger partial charge in [0.15, 0.2) is 0 Å². The van der Waals surface area contributed by atoms with E-state index in [-0.39, 0.29) is 24.2 Å². The molecule has 1 saturated heterocycles. The number of nitrogens with zero attached hydrogens (tertiary/aromatic N) is 2. The van der Waals surface area contributed by atoms with Crippen LogP contribution in [0.1, 0.15) is 37.8 Å². The zero-order chi connectivity index (χ0) is 19.3. The average Bonchev–Trinajstić information content (AvgIpc) is 2.58. The average molecular weight is 397 g/mol. The second-order valence-corrected chi connectivity index (χ2v) is 7.55. The van der Waals surface area contributed by atoms with Crippen LogP contribution in [0.4, 0.5) is 5.69 Å². The van der Waals surface area contributed by atoms with Crippen molar-refractivity contribution in [1.29, 1.82) is 0 Å². The quantitative estimate of drug-likeness (QED) is 0.773. The lowest BCUT2D eigenvalue weighted by Gasteiger charge is -2.38. The highest BCUT2D eigenvalue weighted by atomic mass is 35.5. The minimum absolute atomic E-state index is 0. The number of rotatable bonds is 6. The minimum atomic E-state index is -0.795. The molecule has 1 aliphatic rings. The van der Waals surface area contributed by atoms with Crippen LogP contribution in [0.15, 0.2) is 18.2 Å². The Morgan fingerprint density at radius 2 is 1.70 bits per heavy atom. The summed E-state index contributed by atoms with van der Waals surface area (Å²) in [6, 6.07) is 5.97. The highest BCUT2D eigenvalue weighted by Crippen LogP contribution is 2.19. The van der Waals surface area contributed by atoms with Gasteiger partial charge in [-0.3, -0.25) is 14.5 Å². The van der Waals surface area contributed by atoms with Gasteiger partial charge in [-0.05, 0) is 38.3 Å². The second kappa shape index (κ2) is 10.1. The molecule has 1 aromatic rings. The molecule has 0 spiro atoms. The first kappa shape index (κ1) is 23.4. The van der Waals surface area contributed by atoms with Crippen LogP contribution in [-0.4, -0.2) is 59.9 Å². The Morgan fingerprint density at radius 1 is 1.15 bits per heavy atom. The monoisotopic (exact) mass is 396 g/mol. The fourth-order valence-corrected chi connectivity index (χ4v) is 3.49. The van der Waals surface area contributed by atoms with Crippen LogP contribution in [0.3, 0.4) is 0 Å². The number of nitrogens with two attached hydrogens (primary N) is 1. The summed E-state index contributed by atoms with van der Waals surface area (Å²) in [5.74, 6) is -0.00388. The van der Waals surface area contributed by atoms with Crippen molar-refractivity contribution in [2.24, 2.45) is 5.73 Å². The molecule has 1 aromatic carbocycles. The number of hydrogen-bond donors (Lipinski definition) is 2. The third kappa shape index (κ3) is 6.19. The summed E-state index contributed by atoms with van der Waals surface area (Å²) in [6.45, 7) is 10.8. The predicted octanol–water partition coefficient (Wildman–Crippen LogP) is 2.33. The molecule has 0 aromatic heterocycles. The molecule has 0 bridgehead atoms. The topological polar surface area (TPSA) is 78.7 Å². The highest BCUT2D eigenvalue weighted by Gasteiger charge is 2.33. The first-order valence-corrected chi connectivity index (χ1v) is 9.41. The van der Waals surface area contributed by atoms with E-state index in [4.69, 9.17) is 5.73 Å². The number of benzene rings is 1. The van der Waals surface area contributed by atoms with E-state index in [0.29, 0.717) is 39.1 Å². The SMILES string of the molecule is CCCC(C)(N)C(=O)N1CCN(CC(=O)Nc2c(C)cccc2C)CC1.Cl. The Labute approximate surface area is 168 Å². The molecular weight excluding hydrogens is 364 g/mol. The van der Waals surface area contributed by atoms with Crippen LogP contribution in [0.5, 0.6) is 0 Å². The first-order chi connectivity index (χ1) is 12.2. The van der Waals surface area contributed by atoms with Gasteiger partial charge in [0.05, 0.1) is 12.1 Å². The Hall–Kier alpha value is -1.63. The largest absolute Gasteiger partial charge is 0.339 e. The normalized spacial score (nSPS) is 17.0. The molecule has 6 nitrogen and oxygen atoms in total. The number of hydrogen-bond acceptors (Lipinski definition) is 4. The second-order valence-electron chi connectivity index (χ2n) is 7.55. The lowest BCUT2D eigenvalue weighted by molar-refractivity contribution is -0.138. The number of aryl methyl sites for hydroxylation is 2. The van der Waals surface area contributed by atoms with Crippen LogP contribution in [-0.2, 0) is 9.59 Å². The van der Waals surface area contributed by atoms with Gasteiger partial charge < -0.3 is 16.0 Å². The van der Waals surface area contributed by atoms with Crippen LogP contribution in [0.2, 0.25) is 0 Å². The van der Waals surface area contributed by atoms with Crippen molar-refractivity contribution in [3.63, 3.8) is 0 Å². The molecule has 1 atom stereocenters. The van der Waals surface area contributed by atoms with Gasteiger partial charge in [0.25, 0.3) is 0 Å². The Balaban J connectivity index is 0.00000364. The van der Waals surface area contributed by atoms with Gasteiger partial charge >= 0.3 is 0 Å². The zero-order valence-corrected chi connectivity index (χ0v) is 17.7. The van der Waals surface area contributed by atoms with E-state index in [2.05, 4.69) is 10.2 Å². The van der Waals surface area contributed by atoms with Crippen LogP contribution >= 0.6 is 12.4 Å². The first-order valence-electron chi connectivity index (χ1n) is 9.41. The van der Waals surface area contributed by atoms with Gasteiger partial charge in [0.2, 0.25) is 11.8 Å². The van der Waals surface area contributed by atoms with E-state index < -0.39 is 5.54 Å². The molecule has 2 rings (SSSR count). The Morgan fingerprint density at radius 3 is 2.22 bits per heavy atom. The number of para-hydroxylation sites is 1. The van der Waals surface area contributed by atoms with E-state index in [1.807, 2.05) is 50.8 Å². The predicted molar refractivity (Wildman–Crippen MR) is 112 cm³/mol. The number of piperazine rings is 1. The molecular formula is C20H33ClN4O2. The van der Waals surface area contributed by atoms with Gasteiger partial charge in [-0.15, -0.1) is 12.4 Å². The molecule has 1 fully saturated rings. The smallest absolute Gasteiger partial charge is 0.242 e. The van der Waals surface area contributed by atoms with Gasteiger partial charge in [-0.1, -0.05) is 31.5 Å². The number of carbonyl (C=O) groups excluding carboxylic acids is 2. The van der Waals surface area contributed by atoms with Crippen LogP contribution in [0.25, 0.3) is 0 Å². The highest BCUT2D eigenvalue weighted by molar-refractivity contribution is 5.93. The number of carbonyl (C=O) groups is 2. The summed E-state index contributed by atoms with van der Waals surface area (Å²) in [7, 11) is 0. The maximum atomic E-state index is 12.6. The molecule has 1 unspecified atom stereocenters. The minimum Gasteiger partial charge on any atom is -0.339 e.